The van der Waals surface area contributed by atoms with Crippen LogP contribution in [0.1, 0.15) is 12.0 Å². The van der Waals surface area contributed by atoms with E-state index in [-0.39, 0.29) is 6.10 Å². The lowest BCUT2D eigenvalue weighted by Crippen LogP contribution is -2.21. The normalized spacial score (nSPS) is 21.3. The molecule has 0 unspecified atom stereocenters. The molecule has 1 aromatic carbocycles. The summed E-state index contributed by atoms with van der Waals surface area (Å²) in [4.78, 5) is 2.23. The van der Waals surface area contributed by atoms with Crippen molar-refractivity contribution in [2.45, 2.75) is 19.1 Å². The molecule has 0 aliphatic carbocycles. The van der Waals surface area contributed by atoms with Gasteiger partial charge in [-0.2, -0.15) is 0 Å². The van der Waals surface area contributed by atoms with Gasteiger partial charge < -0.3 is 9.84 Å². The van der Waals surface area contributed by atoms with Gasteiger partial charge in [0.15, 0.2) is 0 Å². The fourth-order valence-corrected chi connectivity index (χ4v) is 2.30. The second-order valence-electron chi connectivity index (χ2n) is 4.15. The number of halogens is 1. The van der Waals surface area contributed by atoms with Gasteiger partial charge in [-0.3, -0.25) is 4.90 Å². The van der Waals surface area contributed by atoms with Crippen molar-refractivity contribution in [3.05, 3.63) is 28.8 Å². The van der Waals surface area contributed by atoms with Crippen molar-refractivity contribution in [2.24, 2.45) is 0 Å². The first-order valence-electron chi connectivity index (χ1n) is 5.42. The number of rotatable bonds is 3. The molecule has 1 fully saturated rings. The minimum absolute atomic E-state index is 0.172. The number of benzene rings is 1. The molecule has 16 heavy (non-hydrogen) atoms. The lowest BCUT2D eigenvalue weighted by Gasteiger charge is -2.15. The van der Waals surface area contributed by atoms with E-state index in [1.807, 2.05) is 18.2 Å². The maximum atomic E-state index is 9.43. The van der Waals surface area contributed by atoms with E-state index >= 15 is 0 Å². The molecule has 1 aromatic rings. The van der Waals surface area contributed by atoms with E-state index in [4.69, 9.17) is 16.3 Å². The van der Waals surface area contributed by atoms with Gasteiger partial charge in [-0.05, 0) is 24.1 Å². The highest BCUT2D eigenvalue weighted by Crippen LogP contribution is 2.26. The van der Waals surface area contributed by atoms with Gasteiger partial charge in [0, 0.05) is 19.6 Å². The van der Waals surface area contributed by atoms with E-state index in [0.29, 0.717) is 10.8 Å². The molecule has 3 nitrogen and oxygen atoms in total. The second kappa shape index (κ2) is 5.04. The quantitative estimate of drug-likeness (QED) is 0.878. The average Bonchev–Trinajstić information content (AvgIpc) is 2.64. The number of ether oxygens (including phenoxy) is 1. The van der Waals surface area contributed by atoms with E-state index < -0.39 is 0 Å². The molecule has 0 amide bonds. The fraction of sp³-hybridized carbons (Fsp3) is 0.500. The summed E-state index contributed by atoms with van der Waals surface area (Å²) in [5.41, 5.74) is 1.15. The first-order chi connectivity index (χ1) is 7.69. The van der Waals surface area contributed by atoms with E-state index in [1.54, 1.807) is 7.11 Å². The zero-order valence-electron chi connectivity index (χ0n) is 9.32. The van der Waals surface area contributed by atoms with Crippen LogP contribution in [0.5, 0.6) is 5.75 Å². The molecule has 0 bridgehead atoms. The van der Waals surface area contributed by atoms with E-state index in [2.05, 4.69) is 4.90 Å². The molecule has 1 saturated heterocycles. The van der Waals surface area contributed by atoms with Crippen LogP contribution in [0.3, 0.4) is 0 Å². The lowest BCUT2D eigenvalue weighted by atomic mass is 10.2. The van der Waals surface area contributed by atoms with E-state index in [1.165, 1.54) is 0 Å². The lowest BCUT2D eigenvalue weighted by molar-refractivity contribution is 0.175. The number of likely N-dealkylation sites (tertiary alicyclic amines) is 1. The summed E-state index contributed by atoms with van der Waals surface area (Å²) in [6, 6.07) is 5.81. The van der Waals surface area contributed by atoms with Crippen LogP contribution in [-0.4, -0.2) is 36.3 Å². The molecule has 4 heteroatoms. The Hall–Kier alpha value is -0.770. The highest BCUT2D eigenvalue weighted by molar-refractivity contribution is 6.32. The van der Waals surface area contributed by atoms with E-state index in [0.717, 1.165) is 31.6 Å². The third-order valence-electron chi connectivity index (χ3n) is 2.87. The van der Waals surface area contributed by atoms with Gasteiger partial charge in [-0.1, -0.05) is 17.7 Å². The van der Waals surface area contributed by atoms with E-state index in [9.17, 15) is 5.11 Å². The maximum absolute atomic E-state index is 9.43. The first-order valence-corrected chi connectivity index (χ1v) is 5.79. The Labute approximate surface area is 101 Å². The Balaban J connectivity index is 2.02. The minimum Gasteiger partial charge on any atom is -0.495 e. The summed E-state index contributed by atoms with van der Waals surface area (Å²) in [7, 11) is 1.61. The highest BCUT2D eigenvalue weighted by Gasteiger charge is 2.20. The molecule has 0 radical (unpaired) electrons. The molecule has 1 atom stereocenters. The number of methoxy groups -OCH3 is 1. The van der Waals surface area contributed by atoms with Crippen LogP contribution in [-0.2, 0) is 6.54 Å². The van der Waals surface area contributed by atoms with Crippen molar-refractivity contribution >= 4 is 11.6 Å². The van der Waals surface area contributed by atoms with Gasteiger partial charge >= 0.3 is 0 Å². The molecular weight excluding hydrogens is 226 g/mol. The number of hydrogen-bond donors (Lipinski definition) is 1. The van der Waals surface area contributed by atoms with Gasteiger partial charge in [-0.15, -0.1) is 0 Å². The predicted molar refractivity (Wildman–Crippen MR) is 63.9 cm³/mol. The Kier molecular flexibility index (Phi) is 3.69. The third-order valence-corrected chi connectivity index (χ3v) is 3.17. The summed E-state index contributed by atoms with van der Waals surface area (Å²) < 4.78 is 5.10. The third kappa shape index (κ3) is 2.67. The smallest absolute Gasteiger partial charge is 0.137 e. The SMILES string of the molecule is COc1ccc(CN2CC[C@@H](O)C2)cc1Cl. The van der Waals surface area contributed by atoms with Crippen LogP contribution in [0, 0.1) is 0 Å². The summed E-state index contributed by atoms with van der Waals surface area (Å²) in [5.74, 6) is 0.701. The van der Waals surface area contributed by atoms with Crippen LogP contribution in [0.4, 0.5) is 0 Å². The van der Waals surface area contributed by atoms with Gasteiger partial charge in [0.25, 0.3) is 0 Å². The monoisotopic (exact) mass is 241 g/mol. The van der Waals surface area contributed by atoms with Crippen LogP contribution < -0.4 is 4.74 Å². The molecule has 1 heterocycles. The molecule has 0 saturated carbocycles. The number of β-amino-alcohol motifs (C(OH)–C–C–N with tert-alkyl or cyclic N) is 1. The number of aliphatic hydroxyl groups excluding tert-OH is 1. The first kappa shape index (κ1) is 11.7. The molecular formula is C12H16ClNO2. The van der Waals surface area contributed by atoms with Gasteiger partial charge in [-0.25, -0.2) is 0 Å². The van der Waals surface area contributed by atoms with Gasteiger partial charge in [0.05, 0.1) is 18.2 Å². The summed E-state index contributed by atoms with van der Waals surface area (Å²) in [6.07, 6.45) is 0.692. The summed E-state index contributed by atoms with van der Waals surface area (Å²) >= 11 is 6.05. The average molecular weight is 242 g/mol. The largest absolute Gasteiger partial charge is 0.495 e. The Bertz CT molecular complexity index is 370. The number of nitrogens with zero attached hydrogens (tertiary/aromatic N) is 1. The zero-order chi connectivity index (χ0) is 11.5. The van der Waals surface area contributed by atoms with Gasteiger partial charge in [0.2, 0.25) is 0 Å². The van der Waals surface area contributed by atoms with Gasteiger partial charge in [0.1, 0.15) is 5.75 Å². The van der Waals surface area contributed by atoms with Crippen LogP contribution in [0.15, 0.2) is 18.2 Å². The minimum atomic E-state index is -0.172. The van der Waals surface area contributed by atoms with Crippen LogP contribution >= 0.6 is 11.6 Å². The zero-order valence-corrected chi connectivity index (χ0v) is 10.1. The molecule has 88 valence electrons. The molecule has 0 aromatic heterocycles. The summed E-state index contributed by atoms with van der Waals surface area (Å²) in [6.45, 7) is 2.54. The van der Waals surface area contributed by atoms with Crippen molar-refractivity contribution in [3.8, 4) is 5.75 Å². The number of hydrogen-bond acceptors (Lipinski definition) is 3. The Morgan fingerprint density at radius 3 is 2.94 bits per heavy atom. The van der Waals surface area contributed by atoms with Crippen molar-refractivity contribution in [3.63, 3.8) is 0 Å². The molecule has 1 aliphatic heterocycles. The molecule has 0 spiro atoms. The van der Waals surface area contributed by atoms with Crippen molar-refractivity contribution in [2.75, 3.05) is 20.2 Å². The fourth-order valence-electron chi connectivity index (χ4n) is 2.02. The van der Waals surface area contributed by atoms with Crippen LogP contribution in [0.25, 0.3) is 0 Å². The van der Waals surface area contributed by atoms with Crippen molar-refractivity contribution < 1.29 is 9.84 Å². The molecule has 1 N–H and O–H groups in total. The van der Waals surface area contributed by atoms with Crippen LogP contribution in [0.2, 0.25) is 5.02 Å². The Morgan fingerprint density at radius 1 is 1.56 bits per heavy atom. The summed E-state index contributed by atoms with van der Waals surface area (Å²) in [5, 5.41) is 10.1. The predicted octanol–water partition coefficient (Wildman–Crippen LogP) is 1.92. The topological polar surface area (TPSA) is 32.7 Å². The second-order valence-corrected chi connectivity index (χ2v) is 4.55. The Morgan fingerprint density at radius 2 is 2.38 bits per heavy atom. The highest BCUT2D eigenvalue weighted by atomic mass is 35.5. The number of aliphatic hydroxyl groups is 1. The maximum Gasteiger partial charge on any atom is 0.137 e. The molecule has 1 aliphatic rings. The van der Waals surface area contributed by atoms with Crippen molar-refractivity contribution in [1.29, 1.82) is 0 Å². The standard InChI is InChI=1S/C12H16ClNO2/c1-16-12-3-2-9(6-11(12)13)7-14-5-4-10(15)8-14/h2-3,6,10,15H,4-5,7-8H2,1H3/t10-/m1/s1. The van der Waals surface area contributed by atoms with Crippen molar-refractivity contribution in [1.82, 2.24) is 4.90 Å². The molecule has 2 rings (SSSR count).